The molecule has 0 N–H and O–H groups in total. The first-order chi connectivity index (χ1) is 12.6. The molecule has 0 spiro atoms. The zero-order chi connectivity index (χ0) is 18.5. The van der Waals surface area contributed by atoms with E-state index in [0.717, 1.165) is 45.3 Å². The van der Waals surface area contributed by atoms with Crippen LogP contribution in [-0.2, 0) is 14.3 Å². The molecule has 1 aromatic heterocycles. The number of amides is 1. The fraction of sp³-hybridized carbons (Fsp3) is 0.778. The van der Waals surface area contributed by atoms with Gasteiger partial charge in [0, 0.05) is 26.2 Å². The van der Waals surface area contributed by atoms with Gasteiger partial charge in [-0.3, -0.25) is 14.5 Å². The average Bonchev–Trinajstić information content (AvgIpc) is 3.22. The van der Waals surface area contributed by atoms with Crippen molar-refractivity contribution in [2.75, 3.05) is 32.8 Å². The van der Waals surface area contributed by atoms with E-state index in [1.54, 1.807) is 12.7 Å². The normalized spacial score (nSPS) is 23.6. The molecule has 0 aromatic carbocycles. The number of likely N-dealkylation sites (tertiary alicyclic amines) is 2. The molecule has 2 fully saturated rings. The first-order valence-corrected chi connectivity index (χ1v) is 9.63. The first-order valence-electron chi connectivity index (χ1n) is 9.63. The van der Waals surface area contributed by atoms with Crippen LogP contribution in [0.1, 0.15) is 45.6 Å². The number of aromatic nitrogens is 3. The predicted octanol–water partition coefficient (Wildman–Crippen LogP) is 1.11. The summed E-state index contributed by atoms with van der Waals surface area (Å²) in [7, 11) is 0. The molecule has 2 saturated heterocycles. The SMILES string of the molecule is CCOC(=O)C1CCCN(C(=O)C(C)N2CCC(n3cncn3)CC2)C1. The summed E-state index contributed by atoms with van der Waals surface area (Å²) in [4.78, 5) is 33.0. The molecule has 3 heterocycles. The summed E-state index contributed by atoms with van der Waals surface area (Å²) >= 11 is 0. The minimum Gasteiger partial charge on any atom is -0.466 e. The Kier molecular flexibility index (Phi) is 6.24. The smallest absolute Gasteiger partial charge is 0.310 e. The largest absolute Gasteiger partial charge is 0.466 e. The lowest BCUT2D eigenvalue weighted by Crippen LogP contribution is -2.52. The number of esters is 1. The van der Waals surface area contributed by atoms with E-state index in [-0.39, 0.29) is 23.8 Å². The van der Waals surface area contributed by atoms with Crippen molar-refractivity contribution in [2.24, 2.45) is 5.92 Å². The minimum absolute atomic E-state index is 0.123. The highest BCUT2D eigenvalue weighted by Crippen LogP contribution is 2.24. The third kappa shape index (κ3) is 4.23. The van der Waals surface area contributed by atoms with Gasteiger partial charge in [0.2, 0.25) is 5.91 Å². The number of hydrogen-bond acceptors (Lipinski definition) is 6. The molecule has 8 nitrogen and oxygen atoms in total. The van der Waals surface area contributed by atoms with E-state index in [9.17, 15) is 9.59 Å². The van der Waals surface area contributed by atoms with Gasteiger partial charge in [-0.1, -0.05) is 0 Å². The topological polar surface area (TPSA) is 80.6 Å². The van der Waals surface area contributed by atoms with Crippen molar-refractivity contribution in [3.63, 3.8) is 0 Å². The Hall–Kier alpha value is -1.96. The Bertz CT molecular complexity index is 598. The quantitative estimate of drug-likeness (QED) is 0.729. The van der Waals surface area contributed by atoms with Crippen molar-refractivity contribution in [3.05, 3.63) is 12.7 Å². The highest BCUT2D eigenvalue weighted by Gasteiger charge is 2.34. The van der Waals surface area contributed by atoms with Crippen LogP contribution in [0.2, 0.25) is 0 Å². The summed E-state index contributed by atoms with van der Waals surface area (Å²) in [5.74, 6) is -0.234. The number of ether oxygens (including phenoxy) is 1. The minimum atomic E-state index is -0.182. The second-order valence-corrected chi connectivity index (χ2v) is 7.19. The van der Waals surface area contributed by atoms with Gasteiger partial charge in [-0.15, -0.1) is 0 Å². The number of piperidine rings is 2. The second kappa shape index (κ2) is 8.62. The lowest BCUT2D eigenvalue weighted by molar-refractivity contribution is -0.152. The standard InChI is InChI=1S/C18H29N5O3/c1-3-26-18(25)15-5-4-8-22(11-15)17(24)14(2)21-9-6-16(7-10-21)23-13-19-12-20-23/h12-16H,3-11H2,1-2H3. The van der Waals surface area contributed by atoms with Gasteiger partial charge >= 0.3 is 5.97 Å². The Morgan fingerprint density at radius 1 is 1.23 bits per heavy atom. The van der Waals surface area contributed by atoms with Gasteiger partial charge in [0.05, 0.1) is 24.6 Å². The molecule has 0 bridgehead atoms. The highest BCUT2D eigenvalue weighted by atomic mass is 16.5. The van der Waals surface area contributed by atoms with Crippen LogP contribution in [0.25, 0.3) is 0 Å². The number of rotatable bonds is 5. The average molecular weight is 363 g/mol. The lowest BCUT2D eigenvalue weighted by Gasteiger charge is -2.39. The van der Waals surface area contributed by atoms with Gasteiger partial charge in [0.1, 0.15) is 12.7 Å². The molecular weight excluding hydrogens is 334 g/mol. The molecule has 2 aliphatic rings. The molecule has 1 amide bonds. The van der Waals surface area contributed by atoms with Gasteiger partial charge < -0.3 is 9.64 Å². The summed E-state index contributed by atoms with van der Waals surface area (Å²) < 4.78 is 7.05. The summed E-state index contributed by atoms with van der Waals surface area (Å²) in [6, 6.07) is 0.201. The van der Waals surface area contributed by atoms with Crippen molar-refractivity contribution in [1.29, 1.82) is 0 Å². The van der Waals surface area contributed by atoms with Gasteiger partial charge in [0.25, 0.3) is 0 Å². The van der Waals surface area contributed by atoms with Crippen LogP contribution in [0.4, 0.5) is 0 Å². The predicted molar refractivity (Wildman–Crippen MR) is 95.3 cm³/mol. The zero-order valence-electron chi connectivity index (χ0n) is 15.7. The van der Waals surface area contributed by atoms with E-state index in [4.69, 9.17) is 4.74 Å². The summed E-state index contributed by atoms with van der Waals surface area (Å²) in [5, 5.41) is 4.23. The van der Waals surface area contributed by atoms with Crippen LogP contribution in [-0.4, -0.2) is 75.3 Å². The Labute approximate surface area is 154 Å². The fourth-order valence-electron chi connectivity index (χ4n) is 3.99. The fourth-order valence-corrected chi connectivity index (χ4v) is 3.99. The molecule has 144 valence electrons. The molecule has 2 atom stereocenters. The molecule has 3 rings (SSSR count). The van der Waals surface area contributed by atoms with Crippen molar-refractivity contribution in [3.8, 4) is 0 Å². The number of carbonyl (C=O) groups is 2. The van der Waals surface area contributed by atoms with Crippen LogP contribution >= 0.6 is 0 Å². The first kappa shape index (κ1) is 18.8. The molecule has 1 aromatic rings. The third-order valence-corrected chi connectivity index (χ3v) is 5.57. The molecule has 0 radical (unpaired) electrons. The van der Waals surface area contributed by atoms with E-state index < -0.39 is 0 Å². The van der Waals surface area contributed by atoms with Crippen LogP contribution in [0.3, 0.4) is 0 Å². The molecular formula is C18H29N5O3. The number of carbonyl (C=O) groups excluding carboxylic acids is 2. The zero-order valence-corrected chi connectivity index (χ0v) is 15.7. The third-order valence-electron chi connectivity index (χ3n) is 5.57. The van der Waals surface area contributed by atoms with Gasteiger partial charge in [-0.2, -0.15) is 5.10 Å². The Balaban J connectivity index is 1.52. The van der Waals surface area contributed by atoms with Gasteiger partial charge in [-0.25, -0.2) is 9.67 Å². The molecule has 8 heteroatoms. The Morgan fingerprint density at radius 3 is 2.65 bits per heavy atom. The Morgan fingerprint density at radius 2 is 2.00 bits per heavy atom. The second-order valence-electron chi connectivity index (χ2n) is 7.19. The summed E-state index contributed by atoms with van der Waals surface area (Å²) in [6.07, 6.45) is 6.92. The number of nitrogens with zero attached hydrogens (tertiary/aromatic N) is 5. The maximum atomic E-state index is 12.9. The van der Waals surface area contributed by atoms with E-state index in [1.807, 2.05) is 23.4 Å². The van der Waals surface area contributed by atoms with E-state index in [1.165, 1.54) is 0 Å². The van der Waals surface area contributed by atoms with Gasteiger partial charge in [-0.05, 0) is 39.5 Å². The van der Waals surface area contributed by atoms with Crippen LogP contribution < -0.4 is 0 Å². The molecule has 0 aliphatic carbocycles. The van der Waals surface area contributed by atoms with Crippen molar-refractivity contribution in [1.82, 2.24) is 24.6 Å². The maximum Gasteiger partial charge on any atom is 0.310 e. The molecule has 2 unspecified atom stereocenters. The van der Waals surface area contributed by atoms with E-state index in [0.29, 0.717) is 19.2 Å². The summed E-state index contributed by atoms with van der Waals surface area (Å²) in [6.45, 7) is 7.13. The molecule has 2 aliphatic heterocycles. The molecule has 26 heavy (non-hydrogen) atoms. The maximum absolute atomic E-state index is 12.9. The van der Waals surface area contributed by atoms with Gasteiger partial charge in [0.15, 0.2) is 0 Å². The molecule has 0 saturated carbocycles. The van der Waals surface area contributed by atoms with E-state index >= 15 is 0 Å². The highest BCUT2D eigenvalue weighted by molar-refractivity contribution is 5.82. The van der Waals surface area contributed by atoms with Crippen LogP contribution in [0, 0.1) is 5.92 Å². The van der Waals surface area contributed by atoms with Crippen molar-refractivity contribution >= 4 is 11.9 Å². The monoisotopic (exact) mass is 363 g/mol. The number of hydrogen-bond donors (Lipinski definition) is 0. The van der Waals surface area contributed by atoms with Crippen molar-refractivity contribution < 1.29 is 14.3 Å². The summed E-state index contributed by atoms with van der Waals surface area (Å²) in [5.41, 5.74) is 0. The lowest BCUT2D eigenvalue weighted by atomic mass is 9.97. The van der Waals surface area contributed by atoms with Crippen LogP contribution in [0.5, 0.6) is 0 Å². The van der Waals surface area contributed by atoms with Crippen molar-refractivity contribution in [2.45, 2.75) is 51.6 Å². The van der Waals surface area contributed by atoms with Crippen LogP contribution in [0.15, 0.2) is 12.7 Å². The van der Waals surface area contributed by atoms with E-state index in [2.05, 4.69) is 15.0 Å².